The van der Waals surface area contributed by atoms with Gasteiger partial charge in [-0.15, -0.1) is 0 Å². The van der Waals surface area contributed by atoms with Gasteiger partial charge in [0, 0.05) is 17.4 Å². The van der Waals surface area contributed by atoms with Gasteiger partial charge in [-0.3, -0.25) is 4.79 Å². The van der Waals surface area contributed by atoms with Crippen molar-refractivity contribution in [2.24, 2.45) is 11.7 Å². The van der Waals surface area contributed by atoms with Crippen molar-refractivity contribution in [1.29, 1.82) is 0 Å². The summed E-state index contributed by atoms with van der Waals surface area (Å²) in [6, 6.07) is 6.51. The number of halogens is 1. The monoisotopic (exact) mass is 306 g/mol. The minimum atomic E-state index is -0.556. The number of nitrogens with one attached hydrogen (secondary N) is 1. The Morgan fingerprint density at radius 2 is 2.29 bits per heavy atom. The number of rotatable bonds is 5. The third-order valence-corrected chi connectivity index (χ3v) is 3.76. The second-order valence-electron chi connectivity index (χ2n) is 5.01. The van der Waals surface area contributed by atoms with E-state index in [1.807, 2.05) is 19.9 Å². The molecule has 0 aliphatic rings. The van der Waals surface area contributed by atoms with Gasteiger partial charge in [0.05, 0.1) is 17.4 Å². The van der Waals surface area contributed by atoms with E-state index in [-0.39, 0.29) is 11.8 Å². The fourth-order valence-corrected chi connectivity index (χ4v) is 2.12. The fraction of sp³-hybridized carbons (Fsp3) is 0.333. The Labute approximate surface area is 129 Å². The fourth-order valence-electron chi connectivity index (χ4n) is 1.95. The van der Waals surface area contributed by atoms with Crippen molar-refractivity contribution >= 4 is 23.2 Å². The van der Waals surface area contributed by atoms with Gasteiger partial charge in [-0.2, -0.15) is 5.10 Å². The van der Waals surface area contributed by atoms with Gasteiger partial charge in [-0.05, 0) is 30.2 Å². The Kier molecular flexibility index (Phi) is 4.98. The smallest absolute Gasteiger partial charge is 0.241 e. The second kappa shape index (κ2) is 6.74. The van der Waals surface area contributed by atoms with E-state index in [4.69, 9.17) is 17.3 Å². The first kappa shape index (κ1) is 15.5. The molecule has 1 unspecified atom stereocenters. The van der Waals surface area contributed by atoms with Crippen molar-refractivity contribution in [1.82, 2.24) is 9.78 Å². The molecule has 3 N–H and O–H groups in total. The number of carbonyl (C=O) groups is 1. The molecule has 0 spiro atoms. The van der Waals surface area contributed by atoms with Gasteiger partial charge >= 0.3 is 0 Å². The normalized spacial score (nSPS) is 13.7. The Balaban J connectivity index is 2.27. The highest BCUT2D eigenvalue weighted by Gasteiger charge is 2.20. The Hall–Kier alpha value is -1.85. The topological polar surface area (TPSA) is 72.9 Å². The van der Waals surface area contributed by atoms with Gasteiger partial charge in [0.25, 0.3) is 0 Å². The van der Waals surface area contributed by atoms with Gasteiger partial charge in [-0.1, -0.05) is 31.9 Å². The first-order chi connectivity index (χ1) is 10.0. The van der Waals surface area contributed by atoms with Crippen molar-refractivity contribution in [3.63, 3.8) is 0 Å². The molecule has 0 saturated heterocycles. The summed E-state index contributed by atoms with van der Waals surface area (Å²) in [5.41, 5.74) is 7.30. The third-order valence-electron chi connectivity index (χ3n) is 3.53. The summed E-state index contributed by atoms with van der Waals surface area (Å²) < 4.78 is 1.67. The number of aromatic nitrogens is 2. The summed E-state index contributed by atoms with van der Waals surface area (Å²) in [4.78, 5) is 12.2. The van der Waals surface area contributed by atoms with Gasteiger partial charge in [0.1, 0.15) is 0 Å². The average Bonchev–Trinajstić information content (AvgIpc) is 2.99. The summed E-state index contributed by atoms with van der Waals surface area (Å²) >= 11 is 6.02. The van der Waals surface area contributed by atoms with Crippen molar-refractivity contribution in [3.8, 4) is 5.69 Å². The molecule has 21 heavy (non-hydrogen) atoms. The number of amides is 1. The van der Waals surface area contributed by atoms with E-state index in [0.717, 1.165) is 12.1 Å². The zero-order valence-electron chi connectivity index (χ0n) is 12.1. The van der Waals surface area contributed by atoms with Crippen LogP contribution in [0, 0.1) is 5.92 Å². The molecule has 0 saturated carbocycles. The second-order valence-corrected chi connectivity index (χ2v) is 5.45. The van der Waals surface area contributed by atoms with Crippen LogP contribution < -0.4 is 11.1 Å². The average molecular weight is 307 g/mol. The number of hydrogen-bond donors (Lipinski definition) is 2. The van der Waals surface area contributed by atoms with E-state index in [1.165, 1.54) is 0 Å². The quantitative estimate of drug-likeness (QED) is 0.892. The maximum absolute atomic E-state index is 12.2. The maximum Gasteiger partial charge on any atom is 0.241 e. The SMILES string of the molecule is CCC(C)[C@H](N)C(=O)Nc1cc(Cl)ccc1-n1cccn1. The molecule has 1 aromatic heterocycles. The molecule has 1 aromatic carbocycles. The summed E-state index contributed by atoms with van der Waals surface area (Å²) in [6.07, 6.45) is 4.31. The van der Waals surface area contributed by atoms with Gasteiger partial charge < -0.3 is 11.1 Å². The summed E-state index contributed by atoms with van der Waals surface area (Å²) in [5.74, 6) is -0.114. The summed E-state index contributed by atoms with van der Waals surface area (Å²) in [5, 5.41) is 7.56. The zero-order valence-corrected chi connectivity index (χ0v) is 12.8. The summed E-state index contributed by atoms with van der Waals surface area (Å²) in [7, 11) is 0. The van der Waals surface area contributed by atoms with E-state index in [2.05, 4.69) is 10.4 Å². The number of anilines is 1. The molecule has 6 heteroatoms. The molecule has 2 atom stereocenters. The summed E-state index contributed by atoms with van der Waals surface area (Å²) in [6.45, 7) is 3.96. The number of nitrogens with two attached hydrogens (primary N) is 1. The Morgan fingerprint density at radius 1 is 1.52 bits per heavy atom. The number of hydrogen-bond acceptors (Lipinski definition) is 3. The lowest BCUT2D eigenvalue weighted by Crippen LogP contribution is -2.40. The molecule has 2 rings (SSSR count). The molecular formula is C15H19ClN4O. The van der Waals surface area contributed by atoms with E-state index >= 15 is 0 Å². The van der Waals surface area contributed by atoms with E-state index < -0.39 is 6.04 Å². The van der Waals surface area contributed by atoms with Crippen LogP contribution in [0.25, 0.3) is 5.69 Å². The van der Waals surface area contributed by atoms with Crippen molar-refractivity contribution in [2.75, 3.05) is 5.32 Å². The minimum Gasteiger partial charge on any atom is -0.323 e. The molecule has 1 heterocycles. The van der Waals surface area contributed by atoms with Crippen LogP contribution in [0.4, 0.5) is 5.69 Å². The largest absolute Gasteiger partial charge is 0.323 e. The molecule has 0 aliphatic heterocycles. The highest BCUT2D eigenvalue weighted by atomic mass is 35.5. The molecular weight excluding hydrogens is 288 g/mol. The highest BCUT2D eigenvalue weighted by Crippen LogP contribution is 2.24. The standard InChI is InChI=1S/C15H19ClN4O/c1-3-10(2)14(17)15(21)19-12-9-11(16)5-6-13(12)20-8-4-7-18-20/h4-10,14H,3,17H2,1-2H3,(H,19,21)/t10?,14-/m0/s1. The van der Waals surface area contributed by atoms with Gasteiger partial charge in [-0.25, -0.2) is 4.68 Å². The lowest BCUT2D eigenvalue weighted by atomic mass is 9.99. The van der Waals surface area contributed by atoms with Crippen LogP contribution in [-0.2, 0) is 4.79 Å². The van der Waals surface area contributed by atoms with Crippen molar-refractivity contribution < 1.29 is 4.79 Å². The molecule has 0 fully saturated rings. The Bertz CT molecular complexity index is 612. The lowest BCUT2D eigenvalue weighted by Gasteiger charge is -2.19. The number of benzene rings is 1. The molecule has 0 bridgehead atoms. The van der Waals surface area contributed by atoms with E-state index in [9.17, 15) is 4.79 Å². The van der Waals surface area contributed by atoms with Crippen LogP contribution in [0.1, 0.15) is 20.3 Å². The predicted molar refractivity (Wildman–Crippen MR) is 84.6 cm³/mol. The van der Waals surface area contributed by atoms with E-state index in [1.54, 1.807) is 35.3 Å². The molecule has 0 radical (unpaired) electrons. The van der Waals surface area contributed by atoms with Crippen LogP contribution in [0.2, 0.25) is 5.02 Å². The predicted octanol–water partition coefficient (Wildman–Crippen LogP) is 2.84. The number of carbonyl (C=O) groups excluding carboxylic acids is 1. The van der Waals surface area contributed by atoms with Crippen molar-refractivity contribution in [3.05, 3.63) is 41.7 Å². The van der Waals surface area contributed by atoms with Crippen LogP contribution >= 0.6 is 11.6 Å². The first-order valence-electron chi connectivity index (χ1n) is 6.89. The minimum absolute atomic E-state index is 0.109. The van der Waals surface area contributed by atoms with Crippen LogP contribution in [0.5, 0.6) is 0 Å². The van der Waals surface area contributed by atoms with Gasteiger partial charge in [0.2, 0.25) is 5.91 Å². The Morgan fingerprint density at radius 3 is 2.90 bits per heavy atom. The molecule has 112 valence electrons. The maximum atomic E-state index is 12.2. The van der Waals surface area contributed by atoms with Crippen LogP contribution in [-0.4, -0.2) is 21.7 Å². The van der Waals surface area contributed by atoms with Crippen molar-refractivity contribution in [2.45, 2.75) is 26.3 Å². The first-order valence-corrected chi connectivity index (χ1v) is 7.26. The number of nitrogens with zero attached hydrogens (tertiary/aromatic N) is 2. The highest BCUT2D eigenvalue weighted by molar-refractivity contribution is 6.31. The van der Waals surface area contributed by atoms with Crippen LogP contribution in [0.3, 0.4) is 0 Å². The lowest BCUT2D eigenvalue weighted by molar-refractivity contribution is -0.118. The van der Waals surface area contributed by atoms with E-state index in [0.29, 0.717) is 10.7 Å². The molecule has 2 aromatic rings. The third kappa shape index (κ3) is 3.62. The molecule has 5 nitrogen and oxygen atoms in total. The zero-order chi connectivity index (χ0) is 15.4. The molecule has 1 amide bonds. The van der Waals surface area contributed by atoms with Gasteiger partial charge in [0.15, 0.2) is 0 Å². The molecule has 0 aliphatic carbocycles. The van der Waals surface area contributed by atoms with Crippen LogP contribution in [0.15, 0.2) is 36.7 Å².